The third kappa shape index (κ3) is 8.72. The van der Waals surface area contributed by atoms with E-state index in [0.717, 1.165) is 0 Å². The second kappa shape index (κ2) is 7.84. The van der Waals surface area contributed by atoms with Crippen molar-refractivity contribution in [1.29, 1.82) is 0 Å². The van der Waals surface area contributed by atoms with Gasteiger partial charge in [-0.1, -0.05) is 6.08 Å². The van der Waals surface area contributed by atoms with Crippen molar-refractivity contribution in [2.45, 2.75) is 39.3 Å². The molecule has 2 N–H and O–H groups in total. The van der Waals surface area contributed by atoms with Gasteiger partial charge in [-0.2, -0.15) is 0 Å². The minimum Gasteiger partial charge on any atom is -0.459 e. The van der Waals surface area contributed by atoms with Gasteiger partial charge in [-0.15, -0.1) is 6.58 Å². The molecule has 1 atom stereocenters. The van der Waals surface area contributed by atoms with Crippen LogP contribution in [0.3, 0.4) is 0 Å². The fourth-order valence-corrected chi connectivity index (χ4v) is 0.967. The predicted octanol–water partition coefficient (Wildman–Crippen LogP) is 0.540. The number of amides is 1. The molecular formula is C12H22N2O4. The Morgan fingerprint density at radius 3 is 2.50 bits per heavy atom. The molecule has 0 spiro atoms. The highest BCUT2D eigenvalue weighted by atomic mass is 16.6. The van der Waals surface area contributed by atoms with Crippen molar-refractivity contribution < 1.29 is 19.2 Å². The van der Waals surface area contributed by atoms with E-state index in [4.69, 9.17) is 9.57 Å². The Morgan fingerprint density at radius 1 is 1.39 bits per heavy atom. The molecule has 0 aromatic rings. The lowest BCUT2D eigenvalue weighted by molar-refractivity contribution is -0.153. The molecule has 1 amide bonds. The molecule has 0 aliphatic heterocycles. The maximum absolute atomic E-state index is 11.4. The van der Waals surface area contributed by atoms with E-state index in [1.54, 1.807) is 27.7 Å². The topological polar surface area (TPSA) is 76.7 Å². The second-order valence-corrected chi connectivity index (χ2v) is 4.76. The normalized spacial score (nSPS) is 12.7. The molecule has 0 saturated heterocycles. The lowest BCUT2D eigenvalue weighted by atomic mass is 10.2. The third-order valence-corrected chi connectivity index (χ3v) is 1.74. The molecule has 0 bridgehead atoms. The Kier molecular flexibility index (Phi) is 7.23. The van der Waals surface area contributed by atoms with E-state index in [0.29, 0.717) is 0 Å². The van der Waals surface area contributed by atoms with Gasteiger partial charge < -0.3 is 4.74 Å². The molecule has 18 heavy (non-hydrogen) atoms. The SMILES string of the molecule is C=CCONC(=O)[C@@H](C)NCC(=O)OC(C)(C)C. The maximum atomic E-state index is 11.4. The number of hydrogen-bond acceptors (Lipinski definition) is 5. The van der Waals surface area contributed by atoms with Gasteiger partial charge in [-0.25, -0.2) is 5.48 Å². The first-order valence-electron chi connectivity index (χ1n) is 5.74. The van der Waals surface area contributed by atoms with Crippen LogP contribution in [0, 0.1) is 0 Å². The zero-order valence-corrected chi connectivity index (χ0v) is 11.4. The average molecular weight is 258 g/mol. The van der Waals surface area contributed by atoms with Crippen molar-refractivity contribution in [1.82, 2.24) is 10.8 Å². The molecule has 0 saturated carbocycles. The first-order chi connectivity index (χ1) is 8.26. The summed E-state index contributed by atoms with van der Waals surface area (Å²) in [5.74, 6) is -0.769. The highest BCUT2D eigenvalue weighted by molar-refractivity contribution is 5.81. The van der Waals surface area contributed by atoms with Crippen LogP contribution >= 0.6 is 0 Å². The fraction of sp³-hybridized carbons (Fsp3) is 0.667. The lowest BCUT2D eigenvalue weighted by Gasteiger charge is -2.20. The molecular weight excluding hydrogens is 236 g/mol. The molecule has 0 aromatic carbocycles. The van der Waals surface area contributed by atoms with Crippen LogP contribution in [0.2, 0.25) is 0 Å². The van der Waals surface area contributed by atoms with E-state index in [-0.39, 0.29) is 19.1 Å². The summed E-state index contributed by atoms with van der Waals surface area (Å²) in [7, 11) is 0. The average Bonchev–Trinajstić information content (AvgIpc) is 2.23. The Bertz CT molecular complexity index is 297. The van der Waals surface area contributed by atoms with Crippen LogP contribution < -0.4 is 10.8 Å². The number of carbonyl (C=O) groups excluding carboxylic acids is 2. The minimum atomic E-state index is -0.553. The van der Waals surface area contributed by atoms with Gasteiger partial charge in [0.25, 0.3) is 5.91 Å². The maximum Gasteiger partial charge on any atom is 0.320 e. The molecule has 0 radical (unpaired) electrons. The number of hydrogen-bond donors (Lipinski definition) is 2. The molecule has 0 unspecified atom stereocenters. The molecule has 104 valence electrons. The molecule has 6 heteroatoms. The Labute approximate surface area is 108 Å². The summed E-state index contributed by atoms with van der Waals surface area (Å²) in [4.78, 5) is 27.6. The van der Waals surface area contributed by atoms with Crippen molar-refractivity contribution in [2.75, 3.05) is 13.2 Å². The van der Waals surface area contributed by atoms with Gasteiger partial charge in [0.05, 0.1) is 19.2 Å². The second-order valence-electron chi connectivity index (χ2n) is 4.76. The van der Waals surface area contributed by atoms with Crippen molar-refractivity contribution >= 4 is 11.9 Å². The van der Waals surface area contributed by atoms with Gasteiger partial charge in [0, 0.05) is 0 Å². The Hall–Kier alpha value is -1.40. The quantitative estimate of drug-likeness (QED) is 0.302. The van der Waals surface area contributed by atoms with E-state index in [1.807, 2.05) is 0 Å². The number of nitrogens with one attached hydrogen (secondary N) is 2. The highest BCUT2D eigenvalue weighted by Crippen LogP contribution is 2.06. The zero-order chi connectivity index (χ0) is 14.2. The molecule has 0 aromatic heterocycles. The number of esters is 1. The Morgan fingerprint density at radius 2 is 2.00 bits per heavy atom. The van der Waals surface area contributed by atoms with E-state index in [9.17, 15) is 9.59 Å². The van der Waals surface area contributed by atoms with Crippen molar-refractivity contribution in [3.05, 3.63) is 12.7 Å². The lowest BCUT2D eigenvalue weighted by Crippen LogP contribution is -2.45. The number of ether oxygens (including phenoxy) is 1. The van der Waals surface area contributed by atoms with Gasteiger partial charge in [-0.05, 0) is 27.7 Å². The standard InChI is InChI=1S/C12H22N2O4/c1-6-7-17-14-11(16)9(2)13-8-10(15)18-12(3,4)5/h6,9,13H,1,7-8H2,2-5H3,(H,14,16)/t9-/m1/s1. The van der Waals surface area contributed by atoms with Crippen LogP contribution in [-0.2, 0) is 19.2 Å². The zero-order valence-electron chi connectivity index (χ0n) is 11.4. The van der Waals surface area contributed by atoms with Gasteiger partial charge in [0.15, 0.2) is 0 Å². The predicted molar refractivity (Wildman–Crippen MR) is 67.6 cm³/mol. The molecule has 0 aliphatic carbocycles. The summed E-state index contributed by atoms with van der Waals surface area (Å²) < 4.78 is 5.09. The van der Waals surface area contributed by atoms with Gasteiger partial charge in [0.2, 0.25) is 0 Å². The Balaban J connectivity index is 3.88. The van der Waals surface area contributed by atoms with Crippen LogP contribution in [0.4, 0.5) is 0 Å². The molecule has 0 aliphatic rings. The summed E-state index contributed by atoms with van der Waals surface area (Å²) >= 11 is 0. The highest BCUT2D eigenvalue weighted by Gasteiger charge is 2.18. The summed E-state index contributed by atoms with van der Waals surface area (Å²) in [6.45, 7) is 10.6. The van der Waals surface area contributed by atoms with Crippen LogP contribution in [-0.4, -0.2) is 36.7 Å². The van der Waals surface area contributed by atoms with Gasteiger partial charge >= 0.3 is 5.97 Å². The smallest absolute Gasteiger partial charge is 0.320 e. The van der Waals surface area contributed by atoms with E-state index in [1.165, 1.54) is 6.08 Å². The van der Waals surface area contributed by atoms with Crippen LogP contribution in [0.1, 0.15) is 27.7 Å². The summed E-state index contributed by atoms with van der Waals surface area (Å²) in [5.41, 5.74) is 1.70. The largest absolute Gasteiger partial charge is 0.459 e. The first kappa shape index (κ1) is 16.6. The summed E-state index contributed by atoms with van der Waals surface area (Å²) in [5, 5.41) is 2.74. The van der Waals surface area contributed by atoms with Crippen molar-refractivity contribution in [3.63, 3.8) is 0 Å². The van der Waals surface area contributed by atoms with Gasteiger partial charge in [0.1, 0.15) is 5.60 Å². The van der Waals surface area contributed by atoms with E-state index < -0.39 is 17.6 Å². The molecule has 0 fully saturated rings. The molecule has 0 heterocycles. The summed E-state index contributed by atoms with van der Waals surface area (Å²) in [6, 6.07) is -0.553. The fourth-order valence-electron chi connectivity index (χ4n) is 0.967. The van der Waals surface area contributed by atoms with Crippen molar-refractivity contribution in [2.24, 2.45) is 0 Å². The van der Waals surface area contributed by atoms with E-state index in [2.05, 4.69) is 17.4 Å². The number of rotatable bonds is 7. The van der Waals surface area contributed by atoms with E-state index >= 15 is 0 Å². The van der Waals surface area contributed by atoms with Gasteiger partial charge in [-0.3, -0.25) is 19.7 Å². The third-order valence-electron chi connectivity index (χ3n) is 1.74. The summed E-state index contributed by atoms with van der Waals surface area (Å²) in [6.07, 6.45) is 1.51. The van der Waals surface area contributed by atoms with Crippen LogP contribution in [0.25, 0.3) is 0 Å². The van der Waals surface area contributed by atoms with Crippen molar-refractivity contribution in [3.8, 4) is 0 Å². The molecule has 0 rings (SSSR count). The number of hydroxylamine groups is 1. The van der Waals surface area contributed by atoms with Crippen LogP contribution in [0.5, 0.6) is 0 Å². The number of carbonyl (C=O) groups is 2. The van der Waals surface area contributed by atoms with Crippen LogP contribution in [0.15, 0.2) is 12.7 Å². The first-order valence-corrected chi connectivity index (χ1v) is 5.74. The monoisotopic (exact) mass is 258 g/mol. The molecule has 6 nitrogen and oxygen atoms in total. The minimum absolute atomic E-state index is 0.0344.